The van der Waals surface area contributed by atoms with E-state index in [0.29, 0.717) is 22.0 Å². The number of unbranched alkanes of at least 4 members (excludes halogenated alkanes) is 1. The zero-order chi connectivity index (χ0) is 25.1. The normalized spacial score (nSPS) is 26.9. The molecule has 35 heavy (non-hydrogen) atoms. The number of anilines is 2. The summed E-state index contributed by atoms with van der Waals surface area (Å²) in [6, 6.07) is 10.1. The molecule has 0 aromatic heterocycles. The lowest BCUT2D eigenvalue weighted by molar-refractivity contribution is -0.130. The standard InChI is InChI=1S/C26H27ClN4O4/c1-3-4-5-14-6-8-15(9-7-14)31-23(33)20-18(12-19(28)32)30-26(21(20)24(31)34)16-10-13(2)11-17(27)22(16)29-25(26)35/h6-11,18,20-21,30H,3-5,12H2,1-2H3,(H2,28,32)(H,29,35). The third-order valence-corrected chi connectivity index (χ3v) is 7.65. The number of fused-ring (bicyclic) bond motifs is 4. The van der Waals surface area contributed by atoms with Gasteiger partial charge in [-0.05, 0) is 49.1 Å². The monoisotopic (exact) mass is 494 g/mol. The number of primary amides is 1. The molecule has 0 saturated carbocycles. The highest BCUT2D eigenvalue weighted by molar-refractivity contribution is 6.35. The predicted octanol–water partition coefficient (Wildman–Crippen LogP) is 2.79. The van der Waals surface area contributed by atoms with Gasteiger partial charge in [-0.2, -0.15) is 0 Å². The van der Waals surface area contributed by atoms with Gasteiger partial charge in [0.05, 0.1) is 28.2 Å². The number of hydrogen-bond acceptors (Lipinski definition) is 5. The van der Waals surface area contributed by atoms with E-state index >= 15 is 0 Å². The van der Waals surface area contributed by atoms with E-state index in [4.69, 9.17) is 17.3 Å². The minimum atomic E-state index is -1.53. The number of imide groups is 1. The maximum atomic E-state index is 13.9. The molecule has 4 unspecified atom stereocenters. The summed E-state index contributed by atoms with van der Waals surface area (Å²) in [6.07, 6.45) is 2.84. The minimum Gasteiger partial charge on any atom is -0.370 e. The molecule has 2 saturated heterocycles. The fourth-order valence-electron chi connectivity index (χ4n) is 5.83. The van der Waals surface area contributed by atoms with Gasteiger partial charge in [0.15, 0.2) is 0 Å². The van der Waals surface area contributed by atoms with E-state index in [1.54, 1.807) is 24.3 Å². The maximum Gasteiger partial charge on any atom is 0.250 e. The molecule has 0 radical (unpaired) electrons. The number of hydrogen-bond donors (Lipinski definition) is 3. The van der Waals surface area contributed by atoms with Crippen molar-refractivity contribution in [1.82, 2.24) is 5.32 Å². The van der Waals surface area contributed by atoms with Crippen molar-refractivity contribution in [2.24, 2.45) is 17.6 Å². The number of benzene rings is 2. The molecule has 1 spiro atoms. The van der Waals surface area contributed by atoms with Crippen molar-refractivity contribution in [1.29, 1.82) is 0 Å². The van der Waals surface area contributed by atoms with Crippen LogP contribution in [0.5, 0.6) is 0 Å². The second kappa shape index (κ2) is 8.46. The van der Waals surface area contributed by atoms with E-state index in [2.05, 4.69) is 17.6 Å². The van der Waals surface area contributed by atoms with E-state index in [9.17, 15) is 19.2 Å². The number of nitrogens with two attached hydrogens (primary N) is 1. The van der Waals surface area contributed by atoms with Gasteiger partial charge in [-0.25, -0.2) is 4.90 Å². The maximum absolute atomic E-state index is 13.9. The second-order valence-corrected chi connectivity index (χ2v) is 10.0. The van der Waals surface area contributed by atoms with Crippen LogP contribution in [0.15, 0.2) is 36.4 Å². The Hall–Kier alpha value is -3.23. The number of halogens is 1. The van der Waals surface area contributed by atoms with Crippen LogP contribution in [0.3, 0.4) is 0 Å². The van der Waals surface area contributed by atoms with Crippen molar-refractivity contribution in [2.45, 2.75) is 51.1 Å². The average Bonchev–Trinajstić information content (AvgIpc) is 3.38. The van der Waals surface area contributed by atoms with Crippen LogP contribution >= 0.6 is 11.6 Å². The van der Waals surface area contributed by atoms with Crippen molar-refractivity contribution in [2.75, 3.05) is 10.2 Å². The highest BCUT2D eigenvalue weighted by atomic mass is 35.5. The predicted molar refractivity (Wildman–Crippen MR) is 132 cm³/mol. The Morgan fingerprint density at radius 1 is 1.14 bits per heavy atom. The van der Waals surface area contributed by atoms with Gasteiger partial charge in [0.1, 0.15) is 5.54 Å². The molecular weight excluding hydrogens is 468 g/mol. The summed E-state index contributed by atoms with van der Waals surface area (Å²) in [7, 11) is 0. The van der Waals surface area contributed by atoms with E-state index < -0.39 is 47.0 Å². The third-order valence-electron chi connectivity index (χ3n) is 7.35. The molecule has 8 nitrogen and oxygen atoms in total. The Morgan fingerprint density at radius 3 is 2.51 bits per heavy atom. The zero-order valence-corrected chi connectivity index (χ0v) is 20.3. The van der Waals surface area contributed by atoms with E-state index in [0.717, 1.165) is 35.3 Å². The molecule has 3 heterocycles. The van der Waals surface area contributed by atoms with Gasteiger partial charge in [-0.1, -0.05) is 43.1 Å². The fourth-order valence-corrected chi connectivity index (χ4v) is 6.15. The smallest absolute Gasteiger partial charge is 0.250 e. The van der Waals surface area contributed by atoms with Crippen molar-refractivity contribution in [3.8, 4) is 0 Å². The molecule has 4 amide bonds. The first-order valence-electron chi connectivity index (χ1n) is 11.8. The molecule has 3 aliphatic heterocycles. The Morgan fingerprint density at radius 2 is 1.86 bits per heavy atom. The Kier molecular flexibility index (Phi) is 5.68. The van der Waals surface area contributed by atoms with Gasteiger partial charge in [-0.15, -0.1) is 0 Å². The van der Waals surface area contributed by atoms with Crippen LogP contribution in [-0.2, 0) is 31.1 Å². The highest BCUT2D eigenvalue weighted by Gasteiger charge is 2.71. The topological polar surface area (TPSA) is 122 Å². The highest BCUT2D eigenvalue weighted by Crippen LogP contribution is 2.55. The molecule has 0 bridgehead atoms. The van der Waals surface area contributed by atoms with E-state index in [-0.39, 0.29) is 6.42 Å². The van der Waals surface area contributed by atoms with Gasteiger partial charge in [0.25, 0.3) is 0 Å². The lowest BCUT2D eigenvalue weighted by Gasteiger charge is -2.29. The van der Waals surface area contributed by atoms with Gasteiger partial charge < -0.3 is 11.1 Å². The Labute approximate surface area is 208 Å². The molecule has 4 atom stereocenters. The summed E-state index contributed by atoms with van der Waals surface area (Å²) in [5.41, 5.74) is 7.25. The van der Waals surface area contributed by atoms with Crippen LogP contribution < -0.4 is 21.3 Å². The number of carbonyl (C=O) groups excluding carboxylic acids is 4. The molecule has 2 aromatic carbocycles. The molecular formula is C26H27ClN4O4. The van der Waals surface area contributed by atoms with Crippen LogP contribution in [0.2, 0.25) is 5.02 Å². The molecule has 2 aromatic rings. The first kappa shape index (κ1) is 23.5. The summed E-state index contributed by atoms with van der Waals surface area (Å²) in [5.74, 6) is -4.00. The van der Waals surface area contributed by atoms with E-state index in [1.807, 2.05) is 19.1 Å². The number of rotatable bonds is 6. The van der Waals surface area contributed by atoms with Crippen LogP contribution in [0.25, 0.3) is 0 Å². The Bertz CT molecular complexity index is 1260. The van der Waals surface area contributed by atoms with Crippen molar-refractivity contribution in [3.05, 3.63) is 58.1 Å². The van der Waals surface area contributed by atoms with Gasteiger partial charge in [0.2, 0.25) is 23.6 Å². The zero-order valence-electron chi connectivity index (χ0n) is 19.6. The van der Waals surface area contributed by atoms with Gasteiger partial charge in [0, 0.05) is 18.0 Å². The second-order valence-electron chi connectivity index (χ2n) is 9.64. The lowest BCUT2D eigenvalue weighted by atomic mass is 9.76. The molecule has 5 rings (SSSR count). The van der Waals surface area contributed by atoms with Gasteiger partial charge in [-0.3, -0.25) is 24.5 Å². The van der Waals surface area contributed by atoms with E-state index in [1.165, 1.54) is 0 Å². The van der Waals surface area contributed by atoms with Crippen LogP contribution in [-0.4, -0.2) is 29.7 Å². The molecule has 3 aliphatic rings. The number of nitrogens with zero attached hydrogens (tertiary/aromatic N) is 1. The van der Waals surface area contributed by atoms with Crippen LogP contribution in [0.4, 0.5) is 11.4 Å². The summed E-state index contributed by atoms with van der Waals surface area (Å²) in [4.78, 5) is 54.2. The van der Waals surface area contributed by atoms with Crippen molar-refractivity contribution >= 4 is 46.6 Å². The minimum absolute atomic E-state index is 0.187. The molecule has 2 fully saturated rings. The molecule has 0 aliphatic carbocycles. The fraction of sp³-hybridized carbons (Fsp3) is 0.385. The molecule has 9 heteroatoms. The van der Waals surface area contributed by atoms with Crippen LogP contribution in [0, 0.1) is 18.8 Å². The summed E-state index contributed by atoms with van der Waals surface area (Å²) in [5, 5.41) is 6.33. The number of amides is 4. The largest absolute Gasteiger partial charge is 0.370 e. The third kappa shape index (κ3) is 3.46. The summed E-state index contributed by atoms with van der Waals surface area (Å²) < 4.78 is 0. The lowest BCUT2D eigenvalue weighted by Crippen LogP contribution is -2.53. The quantitative estimate of drug-likeness (QED) is 0.533. The van der Waals surface area contributed by atoms with Crippen molar-refractivity contribution < 1.29 is 19.2 Å². The summed E-state index contributed by atoms with van der Waals surface area (Å²) in [6.45, 7) is 3.96. The number of aryl methyl sites for hydroxylation is 2. The SMILES string of the molecule is CCCCc1ccc(N2C(=O)C3C(CC(N)=O)NC4(C(=O)Nc5c(Cl)cc(C)cc54)C3C2=O)cc1. The average molecular weight is 495 g/mol. The van der Waals surface area contributed by atoms with Gasteiger partial charge >= 0.3 is 0 Å². The molecule has 182 valence electrons. The first-order chi connectivity index (χ1) is 16.7. The van der Waals surface area contributed by atoms with Crippen LogP contribution in [0.1, 0.15) is 42.9 Å². The number of nitrogens with one attached hydrogen (secondary N) is 2. The number of carbonyl (C=O) groups is 4. The van der Waals surface area contributed by atoms with Crippen molar-refractivity contribution in [3.63, 3.8) is 0 Å². The Balaban J connectivity index is 1.61. The first-order valence-corrected chi connectivity index (χ1v) is 12.2. The summed E-state index contributed by atoms with van der Waals surface area (Å²) >= 11 is 6.43. The molecule has 4 N–H and O–H groups in total.